The zero-order valence-corrected chi connectivity index (χ0v) is 10.5. The van der Waals surface area contributed by atoms with Gasteiger partial charge in [-0.25, -0.2) is 0 Å². The van der Waals surface area contributed by atoms with E-state index in [0.717, 1.165) is 45.3 Å². The number of rotatable bonds is 3. The molecule has 2 saturated heterocycles. The topological polar surface area (TPSA) is 52.6 Å². The Morgan fingerprint density at radius 2 is 2.18 bits per heavy atom. The highest BCUT2D eigenvalue weighted by atomic mass is 16.3. The van der Waals surface area contributed by atoms with Crippen molar-refractivity contribution in [3.63, 3.8) is 0 Å². The zero-order chi connectivity index (χ0) is 12.1. The second kappa shape index (κ2) is 6.36. The zero-order valence-electron chi connectivity index (χ0n) is 10.5. The third-order valence-corrected chi connectivity index (χ3v) is 4.02. The van der Waals surface area contributed by atoms with E-state index in [1.165, 1.54) is 6.42 Å². The van der Waals surface area contributed by atoms with E-state index in [2.05, 4.69) is 5.32 Å². The third-order valence-electron chi connectivity index (χ3n) is 4.02. The fourth-order valence-electron chi connectivity index (χ4n) is 2.98. The molecule has 2 aliphatic rings. The van der Waals surface area contributed by atoms with E-state index in [0.29, 0.717) is 12.3 Å². The second-order valence-corrected chi connectivity index (χ2v) is 5.34. The molecule has 0 saturated carbocycles. The van der Waals surface area contributed by atoms with Crippen molar-refractivity contribution in [3.05, 3.63) is 0 Å². The van der Waals surface area contributed by atoms with Crippen LogP contribution in [0.4, 0.5) is 0 Å². The average molecular weight is 240 g/mol. The van der Waals surface area contributed by atoms with Crippen LogP contribution < -0.4 is 5.32 Å². The van der Waals surface area contributed by atoms with Gasteiger partial charge in [0, 0.05) is 13.0 Å². The predicted octanol–water partition coefficient (Wildman–Crippen LogP) is 0.749. The van der Waals surface area contributed by atoms with Gasteiger partial charge in [-0.05, 0) is 51.1 Å². The van der Waals surface area contributed by atoms with Crippen LogP contribution in [0, 0.1) is 5.92 Å². The van der Waals surface area contributed by atoms with Crippen LogP contribution >= 0.6 is 0 Å². The number of carbonyl (C=O) groups is 1. The Bertz CT molecular complexity index is 252. The molecule has 2 aliphatic heterocycles. The molecule has 98 valence electrons. The maximum Gasteiger partial charge on any atom is 0.223 e. The van der Waals surface area contributed by atoms with E-state index in [1.54, 1.807) is 0 Å². The molecule has 2 fully saturated rings. The number of aliphatic hydroxyl groups is 1. The number of piperidine rings is 2. The number of nitrogens with one attached hydrogen (secondary N) is 1. The van der Waals surface area contributed by atoms with E-state index >= 15 is 0 Å². The van der Waals surface area contributed by atoms with Crippen LogP contribution in [0.1, 0.15) is 38.5 Å². The SMILES string of the molecule is O=C(CC1CCCNC1)N1CCCCC1CO. The highest BCUT2D eigenvalue weighted by Gasteiger charge is 2.27. The van der Waals surface area contributed by atoms with Gasteiger partial charge >= 0.3 is 0 Å². The molecule has 0 aliphatic carbocycles. The van der Waals surface area contributed by atoms with Crippen molar-refractivity contribution in [3.8, 4) is 0 Å². The Balaban J connectivity index is 1.84. The number of hydrogen-bond acceptors (Lipinski definition) is 3. The van der Waals surface area contributed by atoms with E-state index in [4.69, 9.17) is 0 Å². The van der Waals surface area contributed by atoms with Crippen molar-refractivity contribution in [1.82, 2.24) is 10.2 Å². The van der Waals surface area contributed by atoms with E-state index < -0.39 is 0 Å². The van der Waals surface area contributed by atoms with Crippen LogP contribution in [-0.2, 0) is 4.79 Å². The number of amides is 1. The molecule has 2 heterocycles. The minimum atomic E-state index is 0.0767. The van der Waals surface area contributed by atoms with Gasteiger partial charge in [-0.3, -0.25) is 4.79 Å². The van der Waals surface area contributed by atoms with Gasteiger partial charge in [0.15, 0.2) is 0 Å². The van der Waals surface area contributed by atoms with Crippen LogP contribution in [-0.4, -0.2) is 48.2 Å². The summed E-state index contributed by atoms with van der Waals surface area (Å²) in [6, 6.07) is 0.0767. The van der Waals surface area contributed by atoms with E-state index in [-0.39, 0.29) is 18.6 Å². The first-order valence-electron chi connectivity index (χ1n) is 6.92. The summed E-state index contributed by atoms with van der Waals surface area (Å²) in [6.07, 6.45) is 6.19. The van der Waals surface area contributed by atoms with Gasteiger partial charge in [-0.1, -0.05) is 0 Å². The summed E-state index contributed by atoms with van der Waals surface area (Å²) >= 11 is 0. The van der Waals surface area contributed by atoms with Gasteiger partial charge in [-0.2, -0.15) is 0 Å². The maximum atomic E-state index is 12.2. The monoisotopic (exact) mass is 240 g/mol. The summed E-state index contributed by atoms with van der Waals surface area (Å²) in [4.78, 5) is 14.1. The summed E-state index contributed by atoms with van der Waals surface area (Å²) in [5.41, 5.74) is 0. The molecule has 0 aromatic rings. The Hall–Kier alpha value is -0.610. The van der Waals surface area contributed by atoms with Crippen molar-refractivity contribution < 1.29 is 9.90 Å². The number of nitrogens with zero attached hydrogens (tertiary/aromatic N) is 1. The standard InChI is InChI=1S/C13H24N2O2/c16-10-12-5-1-2-7-15(12)13(17)8-11-4-3-6-14-9-11/h11-12,14,16H,1-10H2. The molecule has 0 aromatic heterocycles. The van der Waals surface area contributed by atoms with Gasteiger partial charge in [0.05, 0.1) is 12.6 Å². The minimum absolute atomic E-state index is 0.0767. The Labute approximate surface area is 103 Å². The molecule has 4 heteroatoms. The van der Waals surface area contributed by atoms with Crippen molar-refractivity contribution in [2.24, 2.45) is 5.92 Å². The van der Waals surface area contributed by atoms with Gasteiger partial charge in [0.2, 0.25) is 5.91 Å². The van der Waals surface area contributed by atoms with E-state index in [1.807, 2.05) is 4.90 Å². The highest BCUT2D eigenvalue weighted by Crippen LogP contribution is 2.21. The van der Waals surface area contributed by atoms with Crippen LogP contribution in [0.15, 0.2) is 0 Å². The summed E-state index contributed by atoms with van der Waals surface area (Å²) in [5.74, 6) is 0.745. The van der Waals surface area contributed by atoms with Crippen LogP contribution in [0.3, 0.4) is 0 Å². The first-order valence-corrected chi connectivity index (χ1v) is 6.92. The van der Waals surface area contributed by atoms with Crippen LogP contribution in [0.25, 0.3) is 0 Å². The summed E-state index contributed by atoms with van der Waals surface area (Å²) in [5, 5.41) is 12.7. The lowest BCUT2D eigenvalue weighted by Gasteiger charge is -2.36. The third kappa shape index (κ3) is 3.42. The largest absolute Gasteiger partial charge is 0.394 e. The van der Waals surface area contributed by atoms with Crippen molar-refractivity contribution >= 4 is 5.91 Å². The molecule has 2 atom stereocenters. The second-order valence-electron chi connectivity index (χ2n) is 5.34. The fraction of sp³-hybridized carbons (Fsp3) is 0.923. The van der Waals surface area contributed by atoms with Crippen LogP contribution in [0.5, 0.6) is 0 Å². The smallest absolute Gasteiger partial charge is 0.223 e. The summed E-state index contributed by atoms with van der Waals surface area (Å²) in [7, 11) is 0. The lowest BCUT2D eigenvalue weighted by atomic mass is 9.94. The lowest BCUT2D eigenvalue weighted by molar-refractivity contribution is -0.137. The first kappa shape index (κ1) is 12.8. The molecular weight excluding hydrogens is 216 g/mol. The molecule has 0 aromatic carbocycles. The molecule has 2 rings (SSSR count). The van der Waals surface area contributed by atoms with Gasteiger partial charge < -0.3 is 15.3 Å². The summed E-state index contributed by atoms with van der Waals surface area (Å²) in [6.45, 7) is 3.02. The Kier molecular flexibility index (Phi) is 4.80. The number of hydrogen-bond donors (Lipinski definition) is 2. The highest BCUT2D eigenvalue weighted by molar-refractivity contribution is 5.77. The molecule has 2 N–H and O–H groups in total. The van der Waals surface area contributed by atoms with E-state index in [9.17, 15) is 9.90 Å². The molecule has 0 spiro atoms. The summed E-state index contributed by atoms with van der Waals surface area (Å²) < 4.78 is 0. The predicted molar refractivity (Wildman–Crippen MR) is 66.6 cm³/mol. The van der Waals surface area contributed by atoms with Gasteiger partial charge in [0.25, 0.3) is 0 Å². The maximum absolute atomic E-state index is 12.2. The molecule has 4 nitrogen and oxygen atoms in total. The van der Waals surface area contributed by atoms with Crippen LogP contribution in [0.2, 0.25) is 0 Å². The molecule has 17 heavy (non-hydrogen) atoms. The Morgan fingerprint density at radius 1 is 1.29 bits per heavy atom. The average Bonchev–Trinajstić information content (AvgIpc) is 2.40. The Morgan fingerprint density at radius 3 is 2.88 bits per heavy atom. The normalized spacial score (nSPS) is 30.3. The molecule has 2 unspecified atom stereocenters. The van der Waals surface area contributed by atoms with Crippen molar-refractivity contribution in [2.75, 3.05) is 26.2 Å². The first-order chi connectivity index (χ1) is 8.31. The number of carbonyl (C=O) groups excluding carboxylic acids is 1. The number of aliphatic hydroxyl groups excluding tert-OH is 1. The fourth-order valence-corrected chi connectivity index (χ4v) is 2.98. The minimum Gasteiger partial charge on any atom is -0.394 e. The quantitative estimate of drug-likeness (QED) is 0.765. The van der Waals surface area contributed by atoms with Crippen molar-refractivity contribution in [2.45, 2.75) is 44.6 Å². The molecule has 0 radical (unpaired) electrons. The lowest BCUT2D eigenvalue weighted by Crippen LogP contribution is -2.46. The molecule has 1 amide bonds. The van der Waals surface area contributed by atoms with Gasteiger partial charge in [-0.15, -0.1) is 0 Å². The number of likely N-dealkylation sites (tertiary alicyclic amines) is 1. The van der Waals surface area contributed by atoms with Crippen molar-refractivity contribution in [1.29, 1.82) is 0 Å². The molecular formula is C13H24N2O2. The molecule has 0 bridgehead atoms. The van der Waals surface area contributed by atoms with Gasteiger partial charge in [0.1, 0.15) is 0 Å².